The molecule has 0 saturated carbocycles. The van der Waals surface area contributed by atoms with Crippen LogP contribution in [0.3, 0.4) is 0 Å². The van der Waals surface area contributed by atoms with E-state index in [-0.39, 0.29) is 5.76 Å². The number of hydrogen-bond acceptors (Lipinski definition) is 3. The highest BCUT2D eigenvalue weighted by atomic mass is 16.5. The van der Waals surface area contributed by atoms with Gasteiger partial charge in [0.25, 0.3) is 0 Å². The minimum Gasteiger partial charge on any atom is -0.475 e. The number of aryl methyl sites for hydroxylation is 1. The standard InChI is InChI=1S/C9H8N2O3/c1-11-4-2-3-7(11)6-5-8(9(12)13)14-10-6/h2-5H,1H3,(H,12,13). The largest absolute Gasteiger partial charge is 0.475 e. The first-order chi connectivity index (χ1) is 6.68. The molecule has 1 N–H and O–H groups in total. The van der Waals surface area contributed by atoms with E-state index in [0.29, 0.717) is 5.69 Å². The summed E-state index contributed by atoms with van der Waals surface area (Å²) in [6.07, 6.45) is 1.85. The molecule has 72 valence electrons. The normalized spacial score (nSPS) is 10.4. The van der Waals surface area contributed by atoms with Gasteiger partial charge in [-0.3, -0.25) is 0 Å². The van der Waals surface area contributed by atoms with E-state index >= 15 is 0 Å². The molecule has 0 bridgehead atoms. The van der Waals surface area contributed by atoms with E-state index in [4.69, 9.17) is 5.11 Å². The predicted molar refractivity (Wildman–Crippen MR) is 47.9 cm³/mol. The number of rotatable bonds is 2. The monoisotopic (exact) mass is 192 g/mol. The summed E-state index contributed by atoms with van der Waals surface area (Å²) in [6, 6.07) is 5.09. The molecule has 0 amide bonds. The Morgan fingerprint density at radius 1 is 1.64 bits per heavy atom. The van der Waals surface area contributed by atoms with Crippen molar-refractivity contribution in [2.75, 3.05) is 0 Å². The van der Waals surface area contributed by atoms with Gasteiger partial charge in [-0.25, -0.2) is 4.79 Å². The molecule has 5 nitrogen and oxygen atoms in total. The van der Waals surface area contributed by atoms with Crippen LogP contribution in [0, 0.1) is 0 Å². The van der Waals surface area contributed by atoms with E-state index < -0.39 is 5.97 Å². The SMILES string of the molecule is Cn1cccc1-c1cc(C(=O)O)on1. The molecular formula is C9H8N2O3. The molecule has 2 aromatic heterocycles. The Hall–Kier alpha value is -2.04. The maximum atomic E-state index is 10.5. The summed E-state index contributed by atoms with van der Waals surface area (Å²) in [5.41, 5.74) is 1.34. The summed E-state index contributed by atoms with van der Waals surface area (Å²) >= 11 is 0. The summed E-state index contributed by atoms with van der Waals surface area (Å²) in [5, 5.41) is 12.3. The highest BCUT2D eigenvalue weighted by Gasteiger charge is 2.13. The fourth-order valence-electron chi connectivity index (χ4n) is 1.22. The molecule has 0 spiro atoms. The topological polar surface area (TPSA) is 68.3 Å². The summed E-state index contributed by atoms with van der Waals surface area (Å²) < 4.78 is 6.48. The fraction of sp³-hybridized carbons (Fsp3) is 0.111. The summed E-state index contributed by atoms with van der Waals surface area (Å²) in [7, 11) is 1.85. The van der Waals surface area contributed by atoms with Crippen LogP contribution < -0.4 is 0 Å². The van der Waals surface area contributed by atoms with Gasteiger partial charge in [0.2, 0.25) is 5.76 Å². The molecule has 5 heteroatoms. The molecule has 0 saturated heterocycles. The molecule has 0 aliphatic heterocycles. The molecule has 0 aliphatic carbocycles. The van der Waals surface area contributed by atoms with E-state index in [0.717, 1.165) is 5.69 Å². The summed E-state index contributed by atoms with van der Waals surface area (Å²) in [5.74, 6) is -1.26. The van der Waals surface area contributed by atoms with Gasteiger partial charge in [0.05, 0.1) is 5.69 Å². The number of hydrogen-bond donors (Lipinski definition) is 1. The van der Waals surface area contributed by atoms with Gasteiger partial charge < -0.3 is 14.2 Å². The lowest BCUT2D eigenvalue weighted by atomic mass is 10.3. The van der Waals surface area contributed by atoms with Crippen LogP contribution in [-0.2, 0) is 7.05 Å². The van der Waals surface area contributed by atoms with Crippen LogP contribution in [0.1, 0.15) is 10.6 Å². The first-order valence-electron chi connectivity index (χ1n) is 4.00. The van der Waals surface area contributed by atoms with Crippen molar-refractivity contribution in [3.8, 4) is 11.4 Å². The third-order valence-corrected chi connectivity index (χ3v) is 1.93. The number of aromatic carboxylic acids is 1. The van der Waals surface area contributed by atoms with Crippen molar-refractivity contribution in [2.24, 2.45) is 7.05 Å². The Balaban J connectivity index is 2.43. The minimum absolute atomic E-state index is 0.152. The molecule has 0 aliphatic rings. The van der Waals surface area contributed by atoms with Gasteiger partial charge in [-0.05, 0) is 12.1 Å². The van der Waals surface area contributed by atoms with Gasteiger partial charge in [-0.15, -0.1) is 0 Å². The Kier molecular flexibility index (Phi) is 1.85. The number of carboxylic acids is 1. The number of nitrogens with zero attached hydrogens (tertiary/aromatic N) is 2. The molecule has 2 heterocycles. The van der Waals surface area contributed by atoms with Crippen molar-refractivity contribution < 1.29 is 14.4 Å². The molecule has 0 aromatic carbocycles. The second-order valence-electron chi connectivity index (χ2n) is 2.89. The zero-order valence-electron chi connectivity index (χ0n) is 7.47. The molecular weight excluding hydrogens is 184 g/mol. The van der Waals surface area contributed by atoms with Gasteiger partial charge in [-0.1, -0.05) is 5.16 Å². The summed E-state index contributed by atoms with van der Waals surface area (Å²) in [6.45, 7) is 0. The third kappa shape index (κ3) is 1.28. The smallest absolute Gasteiger partial charge is 0.374 e. The molecule has 2 rings (SSSR count). The Morgan fingerprint density at radius 3 is 2.93 bits per heavy atom. The molecule has 2 aromatic rings. The van der Waals surface area contributed by atoms with Crippen molar-refractivity contribution in [1.29, 1.82) is 0 Å². The van der Waals surface area contributed by atoms with Crippen molar-refractivity contribution in [3.63, 3.8) is 0 Å². The van der Waals surface area contributed by atoms with Crippen molar-refractivity contribution in [2.45, 2.75) is 0 Å². The lowest BCUT2D eigenvalue weighted by Gasteiger charge is -1.95. The second-order valence-corrected chi connectivity index (χ2v) is 2.89. The minimum atomic E-state index is -1.11. The number of carboxylic acid groups (broad SMARTS) is 1. The number of aromatic nitrogens is 2. The quantitative estimate of drug-likeness (QED) is 0.780. The lowest BCUT2D eigenvalue weighted by Crippen LogP contribution is -1.92. The third-order valence-electron chi connectivity index (χ3n) is 1.93. The predicted octanol–water partition coefficient (Wildman–Crippen LogP) is 1.38. The lowest BCUT2D eigenvalue weighted by molar-refractivity contribution is 0.0652. The van der Waals surface area contributed by atoms with E-state index in [1.54, 1.807) is 0 Å². The van der Waals surface area contributed by atoms with Gasteiger partial charge in [0.15, 0.2) is 0 Å². The van der Waals surface area contributed by atoms with Crippen LogP contribution in [0.5, 0.6) is 0 Å². The fourth-order valence-corrected chi connectivity index (χ4v) is 1.22. The van der Waals surface area contributed by atoms with Gasteiger partial charge >= 0.3 is 5.97 Å². The Bertz CT molecular complexity index is 470. The van der Waals surface area contributed by atoms with E-state index in [2.05, 4.69) is 9.68 Å². The van der Waals surface area contributed by atoms with E-state index in [1.165, 1.54) is 6.07 Å². The van der Waals surface area contributed by atoms with Crippen LogP contribution in [0.15, 0.2) is 28.9 Å². The van der Waals surface area contributed by atoms with Crippen LogP contribution in [-0.4, -0.2) is 20.8 Å². The molecule has 0 atom stereocenters. The van der Waals surface area contributed by atoms with Crippen molar-refractivity contribution >= 4 is 5.97 Å². The van der Waals surface area contributed by atoms with E-state index in [1.807, 2.05) is 29.9 Å². The van der Waals surface area contributed by atoms with Gasteiger partial charge in [0.1, 0.15) is 5.69 Å². The maximum Gasteiger partial charge on any atom is 0.374 e. The van der Waals surface area contributed by atoms with Gasteiger partial charge in [0, 0.05) is 19.3 Å². The first kappa shape index (κ1) is 8.55. The van der Waals surface area contributed by atoms with Crippen molar-refractivity contribution in [1.82, 2.24) is 9.72 Å². The van der Waals surface area contributed by atoms with Crippen LogP contribution in [0.2, 0.25) is 0 Å². The van der Waals surface area contributed by atoms with Crippen LogP contribution in [0.25, 0.3) is 11.4 Å². The van der Waals surface area contributed by atoms with Crippen LogP contribution >= 0.6 is 0 Å². The molecule has 0 fully saturated rings. The second kappa shape index (κ2) is 3.02. The zero-order valence-corrected chi connectivity index (χ0v) is 7.47. The van der Waals surface area contributed by atoms with E-state index in [9.17, 15) is 4.79 Å². The molecule has 0 radical (unpaired) electrons. The van der Waals surface area contributed by atoms with Gasteiger partial charge in [-0.2, -0.15) is 0 Å². The average Bonchev–Trinajstić information content (AvgIpc) is 2.71. The van der Waals surface area contributed by atoms with Crippen LogP contribution in [0.4, 0.5) is 0 Å². The van der Waals surface area contributed by atoms with Crippen molar-refractivity contribution in [3.05, 3.63) is 30.2 Å². The first-order valence-corrected chi connectivity index (χ1v) is 4.00. The highest BCUT2D eigenvalue weighted by molar-refractivity contribution is 5.85. The number of carbonyl (C=O) groups is 1. The average molecular weight is 192 g/mol. The Labute approximate surface area is 79.6 Å². The highest BCUT2D eigenvalue weighted by Crippen LogP contribution is 2.18. The summed E-state index contributed by atoms with van der Waals surface area (Å²) in [4.78, 5) is 10.5. The zero-order chi connectivity index (χ0) is 10.1. The Morgan fingerprint density at radius 2 is 2.43 bits per heavy atom. The molecule has 14 heavy (non-hydrogen) atoms. The molecule has 0 unspecified atom stereocenters. The maximum absolute atomic E-state index is 10.5.